The predicted octanol–water partition coefficient (Wildman–Crippen LogP) is 5.52. The van der Waals surface area contributed by atoms with E-state index in [9.17, 15) is 14.4 Å². The number of nitrogens with zero attached hydrogens (tertiary/aromatic N) is 2. The second kappa shape index (κ2) is 11.7. The minimum Gasteiger partial charge on any atom is -0.354 e. The number of carbonyl (C=O) groups is 3. The standard InChI is InChI=1S/C34H35N3O3/c1-23(2)20-35-33(39)30(19-25-12-5-4-6-13-25)36(21-27-14-8-7-11-24(27)3)31(38)22-37-29-18-10-16-26-15-9-17-28(32(26)29)34(37)40/h4-18,23,30H,19-22H2,1-3H3,(H,35,39)/t30-/m1/s1. The largest absolute Gasteiger partial charge is 0.354 e. The van der Waals surface area contributed by atoms with Gasteiger partial charge in [0.2, 0.25) is 11.8 Å². The van der Waals surface area contributed by atoms with E-state index in [4.69, 9.17) is 0 Å². The fourth-order valence-corrected chi connectivity index (χ4v) is 5.31. The predicted molar refractivity (Wildman–Crippen MR) is 159 cm³/mol. The molecule has 1 atom stereocenters. The highest BCUT2D eigenvalue weighted by molar-refractivity contribution is 6.26. The lowest BCUT2D eigenvalue weighted by molar-refractivity contribution is -0.140. The third-order valence-electron chi connectivity index (χ3n) is 7.50. The maximum Gasteiger partial charge on any atom is 0.259 e. The maximum absolute atomic E-state index is 14.3. The summed E-state index contributed by atoms with van der Waals surface area (Å²) in [6, 6.07) is 28.3. The van der Waals surface area contributed by atoms with Crippen LogP contribution in [0.4, 0.5) is 5.69 Å². The fraction of sp³-hybridized carbons (Fsp3) is 0.265. The number of hydrogen-bond acceptors (Lipinski definition) is 3. The molecule has 3 amide bonds. The Morgan fingerprint density at radius 3 is 2.30 bits per heavy atom. The molecule has 0 bridgehead atoms. The normalized spacial score (nSPS) is 13.1. The lowest BCUT2D eigenvalue weighted by Gasteiger charge is -2.33. The zero-order chi connectivity index (χ0) is 28.2. The quantitative estimate of drug-likeness (QED) is 0.292. The van der Waals surface area contributed by atoms with Gasteiger partial charge in [-0.05, 0) is 47.1 Å². The Labute approximate surface area is 235 Å². The van der Waals surface area contributed by atoms with Crippen LogP contribution < -0.4 is 10.2 Å². The van der Waals surface area contributed by atoms with Crippen molar-refractivity contribution in [2.75, 3.05) is 18.0 Å². The fourth-order valence-electron chi connectivity index (χ4n) is 5.31. The molecule has 0 spiro atoms. The molecule has 0 fully saturated rings. The van der Waals surface area contributed by atoms with Crippen molar-refractivity contribution in [2.24, 2.45) is 5.92 Å². The Morgan fingerprint density at radius 1 is 0.875 bits per heavy atom. The van der Waals surface area contributed by atoms with Gasteiger partial charge in [-0.25, -0.2) is 0 Å². The van der Waals surface area contributed by atoms with Gasteiger partial charge in [-0.2, -0.15) is 0 Å². The summed E-state index contributed by atoms with van der Waals surface area (Å²) in [4.78, 5) is 44.7. The van der Waals surface area contributed by atoms with Crippen molar-refractivity contribution in [2.45, 2.75) is 39.8 Å². The van der Waals surface area contributed by atoms with Gasteiger partial charge in [0.1, 0.15) is 12.6 Å². The van der Waals surface area contributed by atoms with Crippen LogP contribution >= 0.6 is 0 Å². The molecular weight excluding hydrogens is 498 g/mol. The van der Waals surface area contributed by atoms with E-state index in [0.717, 1.165) is 33.2 Å². The number of anilines is 1. The van der Waals surface area contributed by atoms with E-state index < -0.39 is 6.04 Å². The average molecular weight is 534 g/mol. The first-order valence-corrected chi connectivity index (χ1v) is 13.8. The van der Waals surface area contributed by atoms with Crippen molar-refractivity contribution in [1.29, 1.82) is 0 Å². The Hall–Kier alpha value is -4.45. The van der Waals surface area contributed by atoms with Crippen molar-refractivity contribution in [3.63, 3.8) is 0 Å². The summed E-state index contributed by atoms with van der Waals surface area (Å²) in [5, 5.41) is 4.89. The monoisotopic (exact) mass is 533 g/mol. The lowest BCUT2D eigenvalue weighted by Crippen LogP contribution is -2.53. The van der Waals surface area contributed by atoms with Crippen molar-refractivity contribution < 1.29 is 14.4 Å². The minimum absolute atomic E-state index is 0.152. The Morgan fingerprint density at radius 2 is 1.57 bits per heavy atom. The molecule has 0 aromatic heterocycles. The van der Waals surface area contributed by atoms with E-state index in [-0.39, 0.29) is 36.7 Å². The number of aryl methyl sites for hydroxylation is 1. The van der Waals surface area contributed by atoms with Gasteiger partial charge in [-0.3, -0.25) is 19.3 Å². The van der Waals surface area contributed by atoms with E-state index >= 15 is 0 Å². The third-order valence-corrected chi connectivity index (χ3v) is 7.50. The van der Waals surface area contributed by atoms with Crippen LogP contribution in [-0.2, 0) is 22.6 Å². The number of hydrogen-bond donors (Lipinski definition) is 1. The van der Waals surface area contributed by atoms with Gasteiger partial charge in [0.25, 0.3) is 5.91 Å². The van der Waals surface area contributed by atoms with Crippen LogP contribution in [0.15, 0.2) is 91.0 Å². The molecule has 6 heteroatoms. The molecule has 1 heterocycles. The topological polar surface area (TPSA) is 69.7 Å². The molecule has 4 aromatic rings. The van der Waals surface area contributed by atoms with Crippen molar-refractivity contribution in [1.82, 2.24) is 10.2 Å². The molecule has 0 radical (unpaired) electrons. The first-order chi connectivity index (χ1) is 19.3. The summed E-state index contributed by atoms with van der Waals surface area (Å²) < 4.78 is 0. The van der Waals surface area contributed by atoms with Crippen LogP contribution in [0.3, 0.4) is 0 Å². The summed E-state index contributed by atoms with van der Waals surface area (Å²) in [5.74, 6) is -0.400. The van der Waals surface area contributed by atoms with E-state index in [0.29, 0.717) is 18.5 Å². The van der Waals surface area contributed by atoms with Gasteiger partial charge in [0, 0.05) is 30.5 Å². The first-order valence-electron chi connectivity index (χ1n) is 13.8. The van der Waals surface area contributed by atoms with E-state index in [1.165, 1.54) is 0 Å². The molecule has 6 nitrogen and oxygen atoms in total. The molecule has 1 N–H and O–H groups in total. The Balaban J connectivity index is 1.51. The molecular formula is C34H35N3O3. The molecule has 5 rings (SSSR count). The highest BCUT2D eigenvalue weighted by Crippen LogP contribution is 2.37. The molecule has 0 saturated carbocycles. The SMILES string of the molecule is Cc1ccccc1CN(C(=O)CN1C(=O)c2cccc3cccc1c23)[C@H](Cc1ccccc1)C(=O)NCC(C)C. The van der Waals surface area contributed by atoms with Crippen LogP contribution in [-0.4, -0.2) is 41.8 Å². The van der Waals surface area contributed by atoms with E-state index in [2.05, 4.69) is 5.32 Å². The molecule has 0 unspecified atom stereocenters. The minimum atomic E-state index is -0.746. The first kappa shape index (κ1) is 27.1. The number of amides is 3. The third kappa shape index (κ3) is 5.62. The van der Waals surface area contributed by atoms with Gasteiger partial charge < -0.3 is 10.2 Å². The van der Waals surface area contributed by atoms with E-state index in [1.807, 2.05) is 106 Å². The van der Waals surface area contributed by atoms with Crippen LogP contribution in [0.5, 0.6) is 0 Å². The maximum atomic E-state index is 14.3. The van der Waals surface area contributed by atoms with Gasteiger partial charge in [-0.15, -0.1) is 0 Å². The van der Waals surface area contributed by atoms with Crippen LogP contribution in [0.1, 0.15) is 40.9 Å². The molecule has 40 heavy (non-hydrogen) atoms. The molecule has 1 aliphatic heterocycles. The second-order valence-corrected chi connectivity index (χ2v) is 10.9. The smallest absolute Gasteiger partial charge is 0.259 e. The van der Waals surface area contributed by atoms with Gasteiger partial charge in [0.05, 0.1) is 5.69 Å². The van der Waals surface area contributed by atoms with Gasteiger partial charge in [-0.1, -0.05) is 92.7 Å². The average Bonchev–Trinajstić information content (AvgIpc) is 3.23. The van der Waals surface area contributed by atoms with Crippen molar-refractivity contribution in [3.05, 3.63) is 113 Å². The highest BCUT2D eigenvalue weighted by Gasteiger charge is 2.36. The molecule has 0 aliphatic carbocycles. The van der Waals surface area contributed by atoms with Crippen molar-refractivity contribution in [3.8, 4) is 0 Å². The summed E-state index contributed by atoms with van der Waals surface area (Å²) in [7, 11) is 0. The lowest BCUT2D eigenvalue weighted by atomic mass is 10.0. The van der Waals surface area contributed by atoms with Gasteiger partial charge >= 0.3 is 0 Å². The molecule has 0 saturated heterocycles. The molecule has 1 aliphatic rings. The van der Waals surface area contributed by atoms with Crippen LogP contribution in [0, 0.1) is 12.8 Å². The van der Waals surface area contributed by atoms with E-state index in [1.54, 1.807) is 15.9 Å². The summed E-state index contributed by atoms with van der Waals surface area (Å²) in [5.41, 5.74) is 4.29. The Bertz CT molecular complexity index is 1540. The molecule has 204 valence electrons. The Kier molecular flexibility index (Phi) is 7.96. The highest BCUT2D eigenvalue weighted by atomic mass is 16.2. The zero-order valence-corrected chi connectivity index (χ0v) is 23.3. The summed E-state index contributed by atoms with van der Waals surface area (Å²) in [6.07, 6.45) is 0.367. The number of benzene rings is 4. The number of carbonyl (C=O) groups excluding carboxylic acids is 3. The second-order valence-electron chi connectivity index (χ2n) is 10.9. The summed E-state index contributed by atoms with van der Waals surface area (Å²) in [6.45, 7) is 6.71. The van der Waals surface area contributed by atoms with Gasteiger partial charge in [0.15, 0.2) is 0 Å². The number of rotatable bonds is 10. The van der Waals surface area contributed by atoms with Crippen LogP contribution in [0.25, 0.3) is 10.8 Å². The van der Waals surface area contributed by atoms with Crippen molar-refractivity contribution >= 4 is 34.2 Å². The number of nitrogens with one attached hydrogen (secondary N) is 1. The molecule has 4 aromatic carbocycles. The van der Waals surface area contributed by atoms with Crippen LogP contribution in [0.2, 0.25) is 0 Å². The zero-order valence-electron chi connectivity index (χ0n) is 23.3. The summed E-state index contributed by atoms with van der Waals surface area (Å²) >= 11 is 0.